The SMILES string of the molecule is CC1(C)CCC(C)(C)c2cc(N(c3ccccc3)c3cc4c5c(c3)N(c3ccccc3)c3cc6c(cc3B5c3ccccc3O4)B3c4ccccc4Oc4cc(N(c5ccccc5)c5ccc7c(c5)C(C)(C)CCC7(C)C)cc(c43)N6c3ccccc3)ccc21. The van der Waals surface area contributed by atoms with Crippen LogP contribution in [0.5, 0.6) is 23.0 Å². The third-order valence-electron chi connectivity index (χ3n) is 21.2. The van der Waals surface area contributed by atoms with Gasteiger partial charge in [0.25, 0.3) is 13.4 Å². The van der Waals surface area contributed by atoms with Crippen LogP contribution in [0.4, 0.5) is 68.2 Å². The second-order valence-electron chi connectivity index (χ2n) is 28.5. The Kier molecular flexibility index (Phi) is 12.1. The molecule has 4 aliphatic heterocycles. The lowest BCUT2D eigenvalue weighted by Crippen LogP contribution is -2.63. The van der Waals surface area contributed by atoms with Gasteiger partial charge in [0.15, 0.2) is 0 Å². The Hall–Kier alpha value is -9.65. The first-order valence-corrected chi connectivity index (χ1v) is 32.4. The molecule has 0 fully saturated rings. The zero-order valence-electron chi connectivity index (χ0n) is 52.7. The second-order valence-corrected chi connectivity index (χ2v) is 28.5. The molecule has 0 amide bonds. The van der Waals surface area contributed by atoms with Gasteiger partial charge in [-0.05, 0) is 206 Å². The Morgan fingerprint density at radius 3 is 1.04 bits per heavy atom. The van der Waals surface area contributed by atoms with Gasteiger partial charge in [-0.2, -0.15) is 0 Å². The maximum absolute atomic E-state index is 7.34. The van der Waals surface area contributed by atoms with Gasteiger partial charge in [-0.1, -0.05) is 183 Å². The van der Waals surface area contributed by atoms with Crippen LogP contribution < -0.4 is 61.9 Å². The minimum absolute atomic E-state index is 0.0138. The molecular formula is C82H72B2N4O2. The van der Waals surface area contributed by atoms with Crippen molar-refractivity contribution in [2.24, 2.45) is 0 Å². The lowest BCUT2D eigenvalue weighted by atomic mass is 9.31. The minimum Gasteiger partial charge on any atom is -0.458 e. The predicted octanol–water partition coefficient (Wildman–Crippen LogP) is 18.1. The Morgan fingerprint density at radius 1 is 0.289 bits per heavy atom. The third-order valence-corrected chi connectivity index (χ3v) is 21.2. The zero-order chi connectivity index (χ0) is 61.0. The lowest BCUT2D eigenvalue weighted by Gasteiger charge is -2.45. The Bertz CT molecular complexity index is 4420. The van der Waals surface area contributed by atoms with Crippen LogP contribution >= 0.6 is 0 Å². The molecule has 0 atom stereocenters. The fourth-order valence-electron chi connectivity index (χ4n) is 16.3. The second kappa shape index (κ2) is 19.9. The summed E-state index contributed by atoms with van der Waals surface area (Å²) in [5, 5.41) is 0. The molecule has 11 aromatic rings. The Labute approximate surface area is 531 Å². The molecule has 0 spiro atoms. The van der Waals surface area contributed by atoms with Gasteiger partial charge in [0.2, 0.25) is 0 Å². The van der Waals surface area contributed by atoms with Crippen LogP contribution in [-0.2, 0) is 21.7 Å². The molecule has 438 valence electrons. The molecule has 90 heavy (non-hydrogen) atoms. The minimum atomic E-state index is -0.165. The molecule has 2 aliphatic carbocycles. The van der Waals surface area contributed by atoms with Crippen LogP contribution in [0, 0.1) is 0 Å². The summed E-state index contributed by atoms with van der Waals surface area (Å²) < 4.78 is 14.7. The monoisotopic (exact) mass is 1170 g/mol. The molecule has 0 bridgehead atoms. The summed E-state index contributed by atoms with van der Waals surface area (Å²) in [6.45, 7) is 19.0. The van der Waals surface area contributed by atoms with E-state index >= 15 is 0 Å². The molecule has 17 rings (SSSR count). The number of ether oxygens (including phenoxy) is 2. The highest BCUT2D eigenvalue weighted by atomic mass is 16.5. The number of rotatable bonds is 8. The summed E-state index contributed by atoms with van der Waals surface area (Å²) in [5.74, 6) is 3.45. The standard InChI is InChI=1S/C82H72B2N4O2/c1-79(2)41-43-81(5,6)63-45-57(37-39-61(63)79)85(53-25-13-9-14-26-53)59-47-71-77-75(49-59)89-73-35-23-21-33-65(73)83(77)67-51-68-70(52-69(67)87(71)55-29-17-11-18-30-55)88(56-31-19-12-20-32-56)72-48-60(50-76-78(72)84(68)66-34-22-24-36-74(66)90-76)86(54-27-15-10-16-28-54)58-38-40-62-64(46-58)82(7,8)44-42-80(62,3)4/h9-40,45-52H,41-44H2,1-8H3. The van der Waals surface area contributed by atoms with Crippen LogP contribution in [0.2, 0.25) is 0 Å². The van der Waals surface area contributed by atoms with Crippen molar-refractivity contribution in [3.8, 4) is 23.0 Å². The summed E-state index contributed by atoms with van der Waals surface area (Å²) >= 11 is 0. The number of para-hydroxylation sites is 6. The molecule has 4 heterocycles. The highest BCUT2D eigenvalue weighted by Crippen LogP contribution is 2.54. The van der Waals surface area contributed by atoms with E-state index in [1.54, 1.807) is 0 Å². The van der Waals surface area contributed by atoms with Gasteiger partial charge >= 0.3 is 0 Å². The fraction of sp³-hybridized carbons (Fsp3) is 0.195. The first-order valence-electron chi connectivity index (χ1n) is 32.4. The fourth-order valence-corrected chi connectivity index (χ4v) is 16.3. The number of benzene rings is 11. The van der Waals surface area contributed by atoms with Crippen molar-refractivity contribution in [3.63, 3.8) is 0 Å². The Morgan fingerprint density at radius 2 is 0.644 bits per heavy atom. The largest absolute Gasteiger partial charge is 0.458 e. The number of hydrogen-bond acceptors (Lipinski definition) is 6. The van der Waals surface area contributed by atoms with E-state index in [1.165, 1.54) is 33.2 Å². The summed E-state index contributed by atoms with van der Waals surface area (Å²) in [5.41, 5.74) is 25.9. The summed E-state index contributed by atoms with van der Waals surface area (Å²) in [6, 6.07) is 90.4. The van der Waals surface area contributed by atoms with Crippen LogP contribution in [0.3, 0.4) is 0 Å². The van der Waals surface area contributed by atoms with E-state index in [4.69, 9.17) is 9.47 Å². The summed E-state index contributed by atoms with van der Waals surface area (Å²) in [6.07, 6.45) is 4.57. The van der Waals surface area contributed by atoms with Crippen molar-refractivity contribution < 1.29 is 9.47 Å². The average molecular weight is 1170 g/mol. The van der Waals surface area contributed by atoms with E-state index in [9.17, 15) is 0 Å². The number of anilines is 12. The highest BCUT2D eigenvalue weighted by Gasteiger charge is 2.48. The molecule has 0 unspecified atom stereocenters. The van der Waals surface area contributed by atoms with Crippen molar-refractivity contribution in [2.75, 3.05) is 19.6 Å². The topological polar surface area (TPSA) is 31.4 Å². The van der Waals surface area contributed by atoms with Crippen LogP contribution in [-0.4, -0.2) is 13.4 Å². The summed E-state index contributed by atoms with van der Waals surface area (Å²) in [4.78, 5) is 9.97. The van der Waals surface area contributed by atoms with E-state index < -0.39 is 0 Å². The van der Waals surface area contributed by atoms with E-state index in [0.29, 0.717) is 0 Å². The van der Waals surface area contributed by atoms with Gasteiger partial charge in [-0.15, -0.1) is 0 Å². The van der Waals surface area contributed by atoms with Gasteiger partial charge in [0.1, 0.15) is 23.0 Å². The highest BCUT2D eigenvalue weighted by molar-refractivity contribution is 7.02. The molecule has 8 heteroatoms. The van der Waals surface area contributed by atoms with Crippen LogP contribution in [0.15, 0.2) is 243 Å². The van der Waals surface area contributed by atoms with Crippen molar-refractivity contribution in [3.05, 3.63) is 265 Å². The molecular weight excluding hydrogens is 1090 g/mol. The van der Waals surface area contributed by atoms with Crippen molar-refractivity contribution in [1.29, 1.82) is 0 Å². The molecule has 6 nitrogen and oxygen atoms in total. The number of fused-ring (bicyclic) bond motifs is 10. The molecule has 0 radical (unpaired) electrons. The molecule has 0 N–H and O–H groups in total. The molecule has 0 aromatic heterocycles. The van der Waals surface area contributed by atoms with Crippen LogP contribution in [0.25, 0.3) is 0 Å². The number of nitrogens with zero attached hydrogens (tertiary/aromatic N) is 4. The lowest BCUT2D eigenvalue weighted by molar-refractivity contribution is 0.332. The molecule has 11 aromatic carbocycles. The molecule has 0 saturated carbocycles. The van der Waals surface area contributed by atoms with Crippen molar-refractivity contribution >= 4 is 114 Å². The summed E-state index contributed by atoms with van der Waals surface area (Å²) in [7, 11) is 0. The third kappa shape index (κ3) is 8.39. The Balaban J connectivity index is 0.925. The molecule has 0 saturated heterocycles. The van der Waals surface area contributed by atoms with Crippen molar-refractivity contribution in [2.45, 2.75) is 103 Å². The quantitative estimate of drug-likeness (QED) is 0.141. The van der Waals surface area contributed by atoms with Crippen molar-refractivity contribution in [1.82, 2.24) is 0 Å². The van der Waals surface area contributed by atoms with Gasteiger partial charge in [0, 0.05) is 69.0 Å². The maximum atomic E-state index is 7.34. The smallest absolute Gasteiger partial charge is 0.256 e. The first kappa shape index (κ1) is 54.5. The van der Waals surface area contributed by atoms with E-state index in [0.717, 1.165) is 139 Å². The predicted molar refractivity (Wildman–Crippen MR) is 378 cm³/mol. The normalized spacial score (nSPS) is 16.7. The van der Waals surface area contributed by atoms with Gasteiger partial charge < -0.3 is 29.1 Å². The van der Waals surface area contributed by atoms with Gasteiger partial charge in [0.05, 0.1) is 11.4 Å². The van der Waals surface area contributed by atoms with Crippen LogP contribution in [0.1, 0.15) is 103 Å². The zero-order valence-corrected chi connectivity index (χ0v) is 52.7. The number of hydrogen-bond donors (Lipinski definition) is 0. The van der Waals surface area contributed by atoms with E-state index in [-0.39, 0.29) is 35.1 Å². The van der Waals surface area contributed by atoms with Gasteiger partial charge in [-0.3, -0.25) is 0 Å². The maximum Gasteiger partial charge on any atom is 0.256 e. The molecule has 6 aliphatic rings. The first-order chi connectivity index (χ1) is 43.6. The average Bonchev–Trinajstić information content (AvgIpc) is 0.696. The van der Waals surface area contributed by atoms with E-state index in [1.807, 2.05) is 0 Å². The van der Waals surface area contributed by atoms with E-state index in [2.05, 4.69) is 318 Å². The van der Waals surface area contributed by atoms with Gasteiger partial charge in [-0.25, -0.2) is 0 Å².